The van der Waals surface area contributed by atoms with Crippen molar-refractivity contribution in [2.75, 3.05) is 6.54 Å². The molecule has 110 valence electrons. The van der Waals surface area contributed by atoms with E-state index in [-0.39, 0.29) is 0 Å². The van der Waals surface area contributed by atoms with Crippen molar-refractivity contribution < 1.29 is 0 Å². The van der Waals surface area contributed by atoms with Gasteiger partial charge in [-0.15, -0.1) is 0 Å². The monoisotopic (exact) mass is 329 g/mol. The number of halogens is 1. The van der Waals surface area contributed by atoms with Crippen molar-refractivity contribution >= 4 is 15.9 Å². The summed E-state index contributed by atoms with van der Waals surface area (Å²) in [5.41, 5.74) is 2.41. The van der Waals surface area contributed by atoms with Crippen LogP contribution in [0.5, 0.6) is 0 Å². The highest BCUT2D eigenvalue weighted by Crippen LogP contribution is 2.25. The van der Waals surface area contributed by atoms with Crippen LogP contribution in [0.25, 0.3) is 0 Å². The molecule has 2 unspecified atom stereocenters. The van der Waals surface area contributed by atoms with Gasteiger partial charge in [0.2, 0.25) is 0 Å². The fourth-order valence-corrected chi connectivity index (χ4v) is 2.89. The first-order valence-corrected chi connectivity index (χ1v) is 8.16. The van der Waals surface area contributed by atoms with Crippen LogP contribution < -0.4 is 5.32 Å². The molecule has 4 heteroatoms. The van der Waals surface area contributed by atoms with Crippen molar-refractivity contribution in [1.82, 2.24) is 15.1 Å². The van der Waals surface area contributed by atoms with Crippen LogP contribution in [0.4, 0.5) is 0 Å². The largest absolute Gasteiger partial charge is 0.314 e. The number of aromatic nitrogens is 2. The lowest BCUT2D eigenvalue weighted by Gasteiger charge is -2.28. The standard InChI is InChI=1S/C15H28BrN3/c1-7-17-13(11(5)10(3)4)9-14-15(16)12(6)18-19(14)8-2/h10-11,13,17H,7-9H2,1-6H3. The van der Waals surface area contributed by atoms with Crippen molar-refractivity contribution in [2.24, 2.45) is 11.8 Å². The lowest BCUT2D eigenvalue weighted by atomic mass is 9.87. The number of likely N-dealkylation sites (N-methyl/N-ethyl adjacent to an activating group) is 1. The van der Waals surface area contributed by atoms with Crippen molar-refractivity contribution in [2.45, 2.75) is 60.5 Å². The molecule has 0 bridgehead atoms. The quantitative estimate of drug-likeness (QED) is 0.824. The maximum atomic E-state index is 4.59. The van der Waals surface area contributed by atoms with Gasteiger partial charge in [0.05, 0.1) is 15.9 Å². The SMILES string of the molecule is CCNC(Cc1c(Br)c(C)nn1CC)C(C)C(C)C. The van der Waals surface area contributed by atoms with Crippen molar-refractivity contribution in [1.29, 1.82) is 0 Å². The third-order valence-corrected chi connectivity index (χ3v) is 5.05. The molecule has 0 fully saturated rings. The predicted molar refractivity (Wildman–Crippen MR) is 85.5 cm³/mol. The number of nitrogens with zero attached hydrogens (tertiary/aromatic N) is 2. The fourth-order valence-electron chi connectivity index (χ4n) is 2.44. The minimum atomic E-state index is 0.503. The summed E-state index contributed by atoms with van der Waals surface area (Å²) >= 11 is 3.70. The molecule has 2 atom stereocenters. The van der Waals surface area contributed by atoms with Crippen LogP contribution >= 0.6 is 15.9 Å². The summed E-state index contributed by atoms with van der Waals surface area (Å²) in [4.78, 5) is 0. The van der Waals surface area contributed by atoms with Crippen LogP contribution in [0.1, 0.15) is 46.0 Å². The Morgan fingerprint density at radius 3 is 2.37 bits per heavy atom. The highest BCUT2D eigenvalue weighted by Gasteiger charge is 2.23. The molecule has 1 rings (SSSR count). The molecule has 1 heterocycles. The Morgan fingerprint density at radius 2 is 1.89 bits per heavy atom. The molecule has 1 aromatic rings. The Labute approximate surface area is 126 Å². The summed E-state index contributed by atoms with van der Waals surface area (Å²) in [6, 6.07) is 0.503. The number of aryl methyl sites for hydroxylation is 2. The number of nitrogens with one attached hydrogen (secondary N) is 1. The van der Waals surface area contributed by atoms with Crippen LogP contribution in [0, 0.1) is 18.8 Å². The summed E-state index contributed by atoms with van der Waals surface area (Å²) in [6.45, 7) is 15.3. The fraction of sp³-hybridized carbons (Fsp3) is 0.800. The molecule has 0 saturated carbocycles. The van der Waals surface area contributed by atoms with E-state index in [4.69, 9.17) is 0 Å². The zero-order valence-electron chi connectivity index (χ0n) is 13.1. The van der Waals surface area contributed by atoms with Gasteiger partial charge in [-0.25, -0.2) is 0 Å². The summed E-state index contributed by atoms with van der Waals surface area (Å²) in [7, 11) is 0. The van der Waals surface area contributed by atoms with E-state index >= 15 is 0 Å². The zero-order valence-corrected chi connectivity index (χ0v) is 14.7. The number of hydrogen-bond acceptors (Lipinski definition) is 2. The lowest BCUT2D eigenvalue weighted by molar-refractivity contribution is 0.296. The van der Waals surface area contributed by atoms with Gasteiger partial charge in [0, 0.05) is 19.0 Å². The summed E-state index contributed by atoms with van der Waals surface area (Å²) in [6.07, 6.45) is 1.03. The topological polar surface area (TPSA) is 29.9 Å². The Morgan fingerprint density at radius 1 is 1.26 bits per heavy atom. The van der Waals surface area contributed by atoms with Crippen molar-refractivity contribution in [3.8, 4) is 0 Å². The molecule has 1 aromatic heterocycles. The minimum absolute atomic E-state index is 0.503. The van der Waals surface area contributed by atoms with Crippen molar-refractivity contribution in [3.05, 3.63) is 15.9 Å². The van der Waals surface area contributed by atoms with Crippen LogP contribution in [0.15, 0.2) is 4.47 Å². The summed E-state index contributed by atoms with van der Waals surface area (Å²) in [5.74, 6) is 1.33. The first-order valence-electron chi connectivity index (χ1n) is 7.37. The van der Waals surface area contributed by atoms with E-state index in [2.05, 4.69) is 72.6 Å². The van der Waals surface area contributed by atoms with E-state index in [1.807, 2.05) is 0 Å². The van der Waals surface area contributed by atoms with Gasteiger partial charge in [-0.2, -0.15) is 5.10 Å². The van der Waals surface area contributed by atoms with E-state index in [0.717, 1.165) is 25.2 Å². The third kappa shape index (κ3) is 4.06. The van der Waals surface area contributed by atoms with Crippen LogP contribution in [0.2, 0.25) is 0 Å². The Bertz CT molecular complexity index is 398. The second-order valence-corrected chi connectivity index (χ2v) is 6.43. The van der Waals surface area contributed by atoms with E-state index < -0.39 is 0 Å². The Hall–Kier alpha value is -0.350. The highest BCUT2D eigenvalue weighted by molar-refractivity contribution is 9.10. The maximum Gasteiger partial charge on any atom is 0.0738 e. The van der Waals surface area contributed by atoms with Gasteiger partial charge in [-0.1, -0.05) is 27.7 Å². The molecule has 0 aliphatic carbocycles. The predicted octanol–water partition coefficient (Wildman–Crippen LogP) is 3.79. The van der Waals surface area contributed by atoms with Gasteiger partial charge in [-0.3, -0.25) is 4.68 Å². The molecule has 1 N–H and O–H groups in total. The van der Waals surface area contributed by atoms with Gasteiger partial charge in [0.15, 0.2) is 0 Å². The van der Waals surface area contributed by atoms with E-state index in [9.17, 15) is 0 Å². The van der Waals surface area contributed by atoms with Gasteiger partial charge < -0.3 is 5.32 Å². The van der Waals surface area contributed by atoms with Crippen LogP contribution in [-0.2, 0) is 13.0 Å². The molecule has 0 radical (unpaired) electrons. The van der Waals surface area contributed by atoms with Gasteiger partial charge in [0.1, 0.15) is 0 Å². The molecule has 0 aliphatic rings. The highest BCUT2D eigenvalue weighted by atomic mass is 79.9. The van der Waals surface area contributed by atoms with Gasteiger partial charge in [0.25, 0.3) is 0 Å². The molecule has 19 heavy (non-hydrogen) atoms. The van der Waals surface area contributed by atoms with E-state index in [1.165, 1.54) is 10.2 Å². The number of hydrogen-bond donors (Lipinski definition) is 1. The number of rotatable bonds is 7. The first kappa shape index (κ1) is 16.7. The molecule has 0 saturated heterocycles. The maximum absolute atomic E-state index is 4.59. The van der Waals surface area contributed by atoms with Gasteiger partial charge in [-0.05, 0) is 48.2 Å². The first-order chi connectivity index (χ1) is 8.92. The Kier molecular flexibility index (Phi) is 6.54. The van der Waals surface area contributed by atoms with Crippen LogP contribution in [-0.4, -0.2) is 22.4 Å². The second kappa shape index (κ2) is 7.44. The molecule has 0 aromatic carbocycles. The molecule has 3 nitrogen and oxygen atoms in total. The van der Waals surface area contributed by atoms with Gasteiger partial charge >= 0.3 is 0 Å². The minimum Gasteiger partial charge on any atom is -0.314 e. The zero-order chi connectivity index (χ0) is 14.6. The lowest BCUT2D eigenvalue weighted by Crippen LogP contribution is -2.39. The molecule has 0 aliphatic heterocycles. The average Bonchev–Trinajstić information content (AvgIpc) is 2.64. The smallest absolute Gasteiger partial charge is 0.0738 e. The van der Waals surface area contributed by atoms with E-state index in [1.54, 1.807) is 0 Å². The second-order valence-electron chi connectivity index (χ2n) is 5.63. The van der Waals surface area contributed by atoms with Crippen molar-refractivity contribution in [3.63, 3.8) is 0 Å². The molecule has 0 amide bonds. The van der Waals surface area contributed by atoms with Crippen LogP contribution in [0.3, 0.4) is 0 Å². The van der Waals surface area contributed by atoms with E-state index in [0.29, 0.717) is 17.9 Å². The molecule has 0 spiro atoms. The summed E-state index contributed by atoms with van der Waals surface area (Å²) < 4.78 is 3.30. The third-order valence-electron chi connectivity index (χ3n) is 4.02. The summed E-state index contributed by atoms with van der Waals surface area (Å²) in [5, 5.41) is 8.23. The average molecular weight is 330 g/mol. The molecular formula is C15H28BrN3. The molecular weight excluding hydrogens is 302 g/mol. The Balaban J connectivity index is 2.96. The normalized spacial score (nSPS) is 14.9.